The van der Waals surface area contributed by atoms with Crippen molar-refractivity contribution in [1.82, 2.24) is 4.98 Å². The minimum absolute atomic E-state index is 1.20. The summed E-state index contributed by atoms with van der Waals surface area (Å²) in [6.07, 6.45) is 1.99. The van der Waals surface area contributed by atoms with Crippen molar-refractivity contribution in [3.05, 3.63) is 54.7 Å². The summed E-state index contributed by atoms with van der Waals surface area (Å²) in [5, 5.41) is 1.25. The summed E-state index contributed by atoms with van der Waals surface area (Å²) in [6.45, 7) is 0. The van der Waals surface area contributed by atoms with Crippen LogP contribution in [0.1, 0.15) is 0 Å². The van der Waals surface area contributed by atoms with Gasteiger partial charge in [0.1, 0.15) is 0 Å². The monoisotopic (exact) mass is 236 g/mol. The molecule has 0 spiro atoms. The number of nitrogens with one attached hydrogen (secondary N) is 1. The van der Waals surface area contributed by atoms with Crippen molar-refractivity contribution in [2.24, 2.45) is 0 Å². The number of fused-ring (bicyclic) bond motifs is 1. The number of rotatable bonds is 2. The minimum atomic E-state index is 1.20. The first-order valence-electron chi connectivity index (χ1n) is 6.09. The fraction of sp³-hybridized carbons (Fsp3) is 0.125. The molecule has 3 aromatic rings. The van der Waals surface area contributed by atoms with E-state index in [2.05, 4.69) is 72.5 Å². The maximum absolute atomic E-state index is 3.31. The van der Waals surface area contributed by atoms with Gasteiger partial charge in [-0.2, -0.15) is 0 Å². The van der Waals surface area contributed by atoms with Gasteiger partial charge < -0.3 is 9.88 Å². The predicted molar refractivity (Wildman–Crippen MR) is 78.1 cm³/mol. The Morgan fingerprint density at radius 1 is 0.889 bits per heavy atom. The summed E-state index contributed by atoms with van der Waals surface area (Å²) >= 11 is 0. The lowest BCUT2D eigenvalue weighted by Gasteiger charge is -2.13. The highest BCUT2D eigenvalue weighted by Crippen LogP contribution is 2.28. The number of hydrogen-bond donors (Lipinski definition) is 1. The first-order valence-corrected chi connectivity index (χ1v) is 6.09. The zero-order chi connectivity index (χ0) is 12.5. The maximum Gasteiger partial charge on any atom is 0.0533 e. The molecule has 0 amide bonds. The lowest BCUT2D eigenvalue weighted by atomic mass is 10.0. The normalized spacial score (nSPS) is 10.8. The topological polar surface area (TPSA) is 19.0 Å². The molecule has 0 saturated carbocycles. The Hall–Kier alpha value is -2.22. The number of aromatic nitrogens is 1. The van der Waals surface area contributed by atoms with Gasteiger partial charge >= 0.3 is 0 Å². The van der Waals surface area contributed by atoms with Gasteiger partial charge in [0.05, 0.1) is 5.52 Å². The van der Waals surface area contributed by atoms with Gasteiger partial charge in [-0.3, -0.25) is 0 Å². The van der Waals surface area contributed by atoms with Crippen molar-refractivity contribution in [2.75, 3.05) is 19.0 Å². The molecule has 0 unspecified atom stereocenters. The van der Waals surface area contributed by atoms with Crippen LogP contribution < -0.4 is 4.90 Å². The Morgan fingerprint density at radius 2 is 1.67 bits per heavy atom. The Morgan fingerprint density at radius 3 is 2.39 bits per heavy atom. The van der Waals surface area contributed by atoms with Gasteiger partial charge in [0.2, 0.25) is 0 Å². The van der Waals surface area contributed by atoms with E-state index in [1.165, 1.54) is 27.7 Å². The SMILES string of the molecule is CN(C)c1ccc(-c2cccc3cc[nH]c23)cc1. The van der Waals surface area contributed by atoms with E-state index in [4.69, 9.17) is 0 Å². The molecule has 3 rings (SSSR count). The van der Waals surface area contributed by atoms with Gasteiger partial charge in [-0.1, -0.05) is 30.3 Å². The summed E-state index contributed by atoms with van der Waals surface area (Å²) in [6, 6.07) is 17.1. The van der Waals surface area contributed by atoms with Crippen molar-refractivity contribution in [1.29, 1.82) is 0 Å². The molecule has 90 valence electrons. The van der Waals surface area contributed by atoms with Gasteiger partial charge in [0.15, 0.2) is 0 Å². The van der Waals surface area contributed by atoms with E-state index in [1.54, 1.807) is 0 Å². The first kappa shape index (κ1) is 10.9. The van der Waals surface area contributed by atoms with Crippen molar-refractivity contribution >= 4 is 16.6 Å². The van der Waals surface area contributed by atoms with E-state index in [0.29, 0.717) is 0 Å². The smallest absolute Gasteiger partial charge is 0.0533 e. The second-order valence-electron chi connectivity index (χ2n) is 4.69. The van der Waals surface area contributed by atoms with Crippen molar-refractivity contribution in [3.63, 3.8) is 0 Å². The molecule has 0 aliphatic carbocycles. The van der Waals surface area contributed by atoms with Crippen molar-refractivity contribution < 1.29 is 0 Å². The molecule has 0 bridgehead atoms. The Kier molecular flexibility index (Phi) is 2.56. The fourth-order valence-electron chi connectivity index (χ4n) is 2.26. The van der Waals surface area contributed by atoms with Crippen LogP contribution in [-0.4, -0.2) is 19.1 Å². The Balaban J connectivity index is 2.11. The number of para-hydroxylation sites is 1. The number of nitrogens with zero attached hydrogens (tertiary/aromatic N) is 1. The molecule has 0 radical (unpaired) electrons. The molecular formula is C16H16N2. The van der Waals surface area contributed by atoms with Gasteiger partial charge in [0.25, 0.3) is 0 Å². The quantitative estimate of drug-likeness (QED) is 0.715. The lowest BCUT2D eigenvalue weighted by molar-refractivity contribution is 1.13. The van der Waals surface area contributed by atoms with Crippen LogP contribution in [-0.2, 0) is 0 Å². The Labute approximate surface area is 107 Å². The number of benzene rings is 2. The number of aromatic amines is 1. The number of H-pyrrole nitrogens is 1. The average Bonchev–Trinajstić information content (AvgIpc) is 2.87. The van der Waals surface area contributed by atoms with E-state index >= 15 is 0 Å². The van der Waals surface area contributed by atoms with E-state index in [9.17, 15) is 0 Å². The minimum Gasteiger partial charge on any atom is -0.378 e. The molecular weight excluding hydrogens is 220 g/mol. The zero-order valence-electron chi connectivity index (χ0n) is 10.6. The number of anilines is 1. The summed E-state index contributed by atoms with van der Waals surface area (Å²) in [7, 11) is 4.11. The molecule has 0 aliphatic rings. The predicted octanol–water partition coefficient (Wildman–Crippen LogP) is 3.90. The van der Waals surface area contributed by atoms with Gasteiger partial charge in [-0.15, -0.1) is 0 Å². The third-order valence-electron chi connectivity index (χ3n) is 3.28. The zero-order valence-corrected chi connectivity index (χ0v) is 10.6. The second-order valence-corrected chi connectivity index (χ2v) is 4.69. The molecule has 1 N–H and O–H groups in total. The van der Waals surface area contributed by atoms with Gasteiger partial charge in [-0.25, -0.2) is 0 Å². The van der Waals surface area contributed by atoms with Crippen LogP contribution in [0.4, 0.5) is 5.69 Å². The van der Waals surface area contributed by atoms with E-state index in [1.807, 2.05) is 6.20 Å². The number of hydrogen-bond acceptors (Lipinski definition) is 1. The largest absolute Gasteiger partial charge is 0.378 e. The van der Waals surface area contributed by atoms with Crippen LogP contribution in [0.5, 0.6) is 0 Å². The molecule has 0 saturated heterocycles. The van der Waals surface area contributed by atoms with Gasteiger partial charge in [-0.05, 0) is 29.1 Å². The lowest BCUT2D eigenvalue weighted by Crippen LogP contribution is -2.07. The summed E-state index contributed by atoms with van der Waals surface area (Å²) in [5.74, 6) is 0. The highest BCUT2D eigenvalue weighted by Gasteiger charge is 2.04. The van der Waals surface area contributed by atoms with E-state index in [0.717, 1.165) is 0 Å². The molecule has 0 aliphatic heterocycles. The fourth-order valence-corrected chi connectivity index (χ4v) is 2.26. The highest BCUT2D eigenvalue weighted by atomic mass is 15.1. The molecule has 1 aromatic heterocycles. The molecule has 0 atom stereocenters. The Bertz CT molecular complexity index is 663. The highest BCUT2D eigenvalue weighted by molar-refractivity contribution is 5.94. The molecule has 18 heavy (non-hydrogen) atoms. The summed E-state index contributed by atoms with van der Waals surface area (Å²) < 4.78 is 0. The van der Waals surface area contributed by atoms with Gasteiger partial charge in [0, 0.05) is 31.5 Å². The van der Waals surface area contributed by atoms with Crippen LogP contribution in [0.3, 0.4) is 0 Å². The van der Waals surface area contributed by atoms with Crippen LogP contribution >= 0.6 is 0 Å². The van der Waals surface area contributed by atoms with Crippen LogP contribution in [0.2, 0.25) is 0 Å². The molecule has 0 fully saturated rings. The van der Waals surface area contributed by atoms with E-state index in [-0.39, 0.29) is 0 Å². The van der Waals surface area contributed by atoms with Crippen molar-refractivity contribution in [2.45, 2.75) is 0 Å². The maximum atomic E-state index is 3.31. The van der Waals surface area contributed by atoms with Crippen LogP contribution in [0.25, 0.3) is 22.0 Å². The van der Waals surface area contributed by atoms with Crippen LogP contribution in [0, 0.1) is 0 Å². The van der Waals surface area contributed by atoms with Crippen LogP contribution in [0.15, 0.2) is 54.7 Å². The second kappa shape index (κ2) is 4.22. The molecule has 2 aromatic carbocycles. The third-order valence-corrected chi connectivity index (χ3v) is 3.28. The van der Waals surface area contributed by atoms with Crippen molar-refractivity contribution in [3.8, 4) is 11.1 Å². The summed E-state index contributed by atoms with van der Waals surface area (Å²) in [5.41, 5.74) is 4.92. The van der Waals surface area contributed by atoms with E-state index < -0.39 is 0 Å². The summed E-state index contributed by atoms with van der Waals surface area (Å²) in [4.78, 5) is 5.42. The standard InChI is InChI=1S/C16H16N2/c1-18(2)14-8-6-12(7-9-14)15-5-3-4-13-10-11-17-16(13)15/h3-11,17H,1-2H3. The molecule has 2 heteroatoms. The molecule has 1 heterocycles. The first-order chi connectivity index (χ1) is 8.75. The average molecular weight is 236 g/mol. The molecule has 2 nitrogen and oxygen atoms in total. The third kappa shape index (κ3) is 1.76.